The molecule has 8 nitrogen and oxygen atoms in total. The van der Waals surface area contributed by atoms with E-state index >= 15 is 0 Å². The number of nitrogens with zero attached hydrogens (tertiary/aromatic N) is 2. The highest BCUT2D eigenvalue weighted by Gasteiger charge is 2.37. The molecule has 0 radical (unpaired) electrons. The zero-order valence-corrected chi connectivity index (χ0v) is 22.5. The minimum absolute atomic E-state index is 0.0223. The highest BCUT2D eigenvalue weighted by molar-refractivity contribution is 8.00. The van der Waals surface area contributed by atoms with Crippen molar-refractivity contribution in [3.8, 4) is 22.8 Å². The average molecular weight is 574 g/mol. The number of halogens is 1. The molecule has 1 saturated heterocycles. The molecule has 0 spiro atoms. The van der Waals surface area contributed by atoms with Gasteiger partial charge in [-0.05, 0) is 30.3 Å². The number of hydrogen-bond acceptors (Lipinski definition) is 8. The summed E-state index contributed by atoms with van der Waals surface area (Å²) in [4.78, 5) is 19.0. The second-order valence-electron chi connectivity index (χ2n) is 7.98. The van der Waals surface area contributed by atoms with Gasteiger partial charge in [-0.2, -0.15) is 0 Å². The largest absolute Gasteiger partial charge is 0.508 e. The van der Waals surface area contributed by atoms with Crippen LogP contribution in [0.3, 0.4) is 0 Å². The van der Waals surface area contributed by atoms with Crippen LogP contribution in [-0.2, 0) is 14.8 Å². The topological polar surface area (TPSA) is 109 Å². The molecule has 190 valence electrons. The maximum absolute atomic E-state index is 12.8. The van der Waals surface area contributed by atoms with Crippen LogP contribution in [0.15, 0.2) is 77.0 Å². The fourth-order valence-corrected chi connectivity index (χ4v) is 7.19. The van der Waals surface area contributed by atoms with Gasteiger partial charge in [0.15, 0.2) is 5.13 Å². The lowest BCUT2D eigenvalue weighted by Gasteiger charge is -2.22. The molecule has 37 heavy (non-hydrogen) atoms. The van der Waals surface area contributed by atoms with Crippen LogP contribution in [0, 0.1) is 0 Å². The lowest BCUT2D eigenvalue weighted by atomic mass is 10.1. The smallest absolute Gasteiger partial charge is 0.262 e. The van der Waals surface area contributed by atoms with Crippen molar-refractivity contribution in [2.24, 2.45) is 0 Å². The fraction of sp³-hybridized carbons (Fsp3) is 0.120. The van der Waals surface area contributed by atoms with E-state index in [1.807, 2.05) is 11.4 Å². The van der Waals surface area contributed by atoms with Crippen molar-refractivity contribution in [1.82, 2.24) is 4.98 Å². The number of phenolic OH excluding ortho intramolecular Hbond substituents is 1. The Kier molecular flexibility index (Phi) is 7.04. The Morgan fingerprint density at radius 3 is 2.62 bits per heavy atom. The first-order valence-electron chi connectivity index (χ1n) is 10.9. The van der Waals surface area contributed by atoms with E-state index < -0.39 is 10.0 Å². The van der Waals surface area contributed by atoms with Crippen LogP contribution in [0.4, 0.5) is 10.8 Å². The van der Waals surface area contributed by atoms with E-state index in [4.69, 9.17) is 16.3 Å². The van der Waals surface area contributed by atoms with Crippen LogP contribution < -0.4 is 14.4 Å². The number of aromatic hydroxyl groups is 1. The lowest BCUT2D eigenvalue weighted by molar-refractivity contribution is -0.115. The third kappa shape index (κ3) is 5.12. The van der Waals surface area contributed by atoms with Gasteiger partial charge in [0, 0.05) is 28.3 Å². The number of benzene rings is 3. The van der Waals surface area contributed by atoms with Gasteiger partial charge in [0.25, 0.3) is 10.0 Å². The molecule has 3 aromatic carbocycles. The molecule has 5 rings (SSSR count). The summed E-state index contributed by atoms with van der Waals surface area (Å²) in [5, 5.41) is 12.6. The summed E-state index contributed by atoms with van der Waals surface area (Å²) >= 11 is 8.77. The van der Waals surface area contributed by atoms with Crippen LogP contribution in [-0.4, -0.2) is 37.3 Å². The molecule has 2 N–H and O–H groups in total. The first-order chi connectivity index (χ1) is 17.8. The zero-order chi connectivity index (χ0) is 26.2. The van der Waals surface area contributed by atoms with Crippen molar-refractivity contribution in [1.29, 1.82) is 0 Å². The van der Waals surface area contributed by atoms with Gasteiger partial charge in [0.1, 0.15) is 16.9 Å². The van der Waals surface area contributed by atoms with Crippen LogP contribution in [0.1, 0.15) is 10.9 Å². The highest BCUT2D eigenvalue weighted by Crippen LogP contribution is 2.45. The SMILES string of the molecule is COc1cc(S(=O)(=O)Nc2ccc(-c3csc(N4C(=O)CSC4c4ccccc4O)n3)cc2)ccc1Cl. The van der Waals surface area contributed by atoms with Crippen molar-refractivity contribution in [3.63, 3.8) is 0 Å². The van der Waals surface area contributed by atoms with Gasteiger partial charge in [-0.1, -0.05) is 41.9 Å². The number of methoxy groups -OCH3 is 1. The van der Waals surface area contributed by atoms with E-state index in [2.05, 4.69) is 9.71 Å². The standard InChI is InChI=1S/C25H20ClN3O5S3/c1-34-22-12-17(10-11-19(22)26)37(32,33)28-16-8-6-15(7-9-16)20-13-36-25(27-20)29-23(31)14-35-24(29)18-4-2-3-5-21(18)30/h2-13,24,28,30H,14H2,1H3. The molecule has 1 unspecified atom stereocenters. The summed E-state index contributed by atoms with van der Waals surface area (Å²) in [6, 6.07) is 18.0. The number of ether oxygens (including phenoxy) is 1. The molecular formula is C25H20ClN3O5S3. The second kappa shape index (κ2) is 10.3. The number of aromatic nitrogens is 1. The molecule has 1 aliphatic heterocycles. The Balaban J connectivity index is 1.35. The molecule has 1 aromatic heterocycles. The number of amides is 1. The van der Waals surface area contributed by atoms with Gasteiger partial charge in [0.2, 0.25) is 5.91 Å². The van der Waals surface area contributed by atoms with E-state index in [0.717, 1.165) is 5.56 Å². The lowest BCUT2D eigenvalue weighted by Crippen LogP contribution is -2.27. The molecule has 4 aromatic rings. The number of rotatable bonds is 7. The summed E-state index contributed by atoms with van der Waals surface area (Å²) in [5.74, 6) is 0.607. The van der Waals surface area contributed by atoms with Crippen LogP contribution >= 0.6 is 34.7 Å². The number of nitrogens with one attached hydrogen (secondary N) is 1. The van der Waals surface area contributed by atoms with Crippen molar-refractivity contribution in [3.05, 3.63) is 82.7 Å². The van der Waals surface area contributed by atoms with Gasteiger partial charge in [-0.15, -0.1) is 23.1 Å². The van der Waals surface area contributed by atoms with Gasteiger partial charge in [0.05, 0.1) is 28.5 Å². The number of sulfonamides is 1. The van der Waals surface area contributed by atoms with E-state index in [1.165, 1.54) is 48.4 Å². The summed E-state index contributed by atoms with van der Waals surface area (Å²) < 4.78 is 33.3. The molecule has 1 aliphatic rings. The van der Waals surface area contributed by atoms with Crippen molar-refractivity contribution >= 4 is 61.4 Å². The minimum Gasteiger partial charge on any atom is -0.508 e. The number of thioether (sulfide) groups is 1. The molecule has 0 bridgehead atoms. The Labute approximate surface area is 226 Å². The Bertz CT molecular complexity index is 1570. The Morgan fingerprint density at radius 1 is 1.14 bits per heavy atom. The van der Waals surface area contributed by atoms with Gasteiger partial charge in [-0.3, -0.25) is 14.4 Å². The normalized spacial score (nSPS) is 15.7. The second-order valence-corrected chi connectivity index (χ2v) is 12.0. The highest BCUT2D eigenvalue weighted by atomic mass is 35.5. The van der Waals surface area contributed by atoms with E-state index in [1.54, 1.807) is 47.4 Å². The Hall–Kier alpha value is -3.25. The summed E-state index contributed by atoms with van der Waals surface area (Å²) in [5.41, 5.74) is 2.44. The summed E-state index contributed by atoms with van der Waals surface area (Å²) in [6.07, 6.45) is 0. The van der Waals surface area contributed by atoms with Crippen LogP contribution in [0.25, 0.3) is 11.3 Å². The maximum Gasteiger partial charge on any atom is 0.262 e. The van der Waals surface area contributed by atoms with Gasteiger partial charge >= 0.3 is 0 Å². The molecule has 1 amide bonds. The van der Waals surface area contributed by atoms with E-state index in [-0.39, 0.29) is 27.7 Å². The number of para-hydroxylation sites is 1. The number of carbonyl (C=O) groups is 1. The third-order valence-electron chi connectivity index (χ3n) is 5.63. The molecule has 1 atom stereocenters. The number of carbonyl (C=O) groups excluding carboxylic acids is 1. The van der Waals surface area contributed by atoms with Crippen molar-refractivity contribution in [2.45, 2.75) is 10.3 Å². The Morgan fingerprint density at radius 2 is 1.89 bits per heavy atom. The minimum atomic E-state index is -3.86. The third-order valence-corrected chi connectivity index (χ3v) is 9.36. The maximum atomic E-state index is 12.8. The van der Waals surface area contributed by atoms with Gasteiger partial charge < -0.3 is 9.84 Å². The predicted molar refractivity (Wildman–Crippen MR) is 147 cm³/mol. The zero-order valence-electron chi connectivity index (χ0n) is 19.3. The quantitative estimate of drug-likeness (QED) is 0.289. The molecule has 12 heteroatoms. The van der Waals surface area contributed by atoms with Crippen LogP contribution in [0.2, 0.25) is 5.02 Å². The summed E-state index contributed by atoms with van der Waals surface area (Å²) in [7, 11) is -2.44. The molecule has 0 aliphatic carbocycles. The number of thiazole rings is 1. The van der Waals surface area contributed by atoms with E-state index in [9.17, 15) is 18.3 Å². The predicted octanol–water partition coefficient (Wildman–Crippen LogP) is 5.76. The molecule has 2 heterocycles. The number of phenols is 1. The van der Waals surface area contributed by atoms with Crippen molar-refractivity contribution in [2.75, 3.05) is 22.5 Å². The molecular weight excluding hydrogens is 554 g/mol. The van der Waals surface area contributed by atoms with Crippen LogP contribution in [0.5, 0.6) is 11.5 Å². The monoisotopic (exact) mass is 573 g/mol. The van der Waals surface area contributed by atoms with E-state index in [0.29, 0.717) is 32.9 Å². The molecule has 0 saturated carbocycles. The first-order valence-corrected chi connectivity index (χ1v) is 14.7. The number of hydrogen-bond donors (Lipinski definition) is 2. The fourth-order valence-electron chi connectivity index (χ4n) is 3.80. The average Bonchev–Trinajstić information content (AvgIpc) is 3.51. The van der Waals surface area contributed by atoms with Gasteiger partial charge in [-0.25, -0.2) is 13.4 Å². The summed E-state index contributed by atoms with van der Waals surface area (Å²) in [6.45, 7) is 0. The van der Waals surface area contributed by atoms with Crippen molar-refractivity contribution < 1.29 is 23.1 Å². The molecule has 1 fully saturated rings. The first kappa shape index (κ1) is 25.4. The number of anilines is 2.